The van der Waals surface area contributed by atoms with Crippen molar-refractivity contribution in [3.8, 4) is 11.4 Å². The summed E-state index contributed by atoms with van der Waals surface area (Å²) in [5, 5.41) is 4.23. The van der Waals surface area contributed by atoms with Gasteiger partial charge in [-0.15, -0.1) is 11.3 Å². The number of nitrogens with one attached hydrogen (secondary N) is 1. The summed E-state index contributed by atoms with van der Waals surface area (Å²) in [6.45, 7) is 4.13. The molecule has 3 rings (SSSR count). The average molecular weight is 270 g/mol. The average Bonchev–Trinajstić information content (AvgIpc) is 2.78. The summed E-state index contributed by atoms with van der Waals surface area (Å²) >= 11 is 1.68. The van der Waals surface area contributed by atoms with Crippen molar-refractivity contribution in [2.45, 2.75) is 13.8 Å². The Hall–Kier alpha value is -2.01. The van der Waals surface area contributed by atoms with Crippen LogP contribution >= 0.6 is 11.3 Å². The van der Waals surface area contributed by atoms with Crippen molar-refractivity contribution in [2.24, 2.45) is 0 Å². The van der Waals surface area contributed by atoms with E-state index in [0.717, 1.165) is 33.0 Å². The third-order valence-electron chi connectivity index (χ3n) is 3.03. The second kappa shape index (κ2) is 4.59. The first-order valence-electron chi connectivity index (χ1n) is 6.06. The van der Waals surface area contributed by atoms with Crippen molar-refractivity contribution in [3.63, 3.8) is 0 Å². The molecule has 0 radical (unpaired) electrons. The lowest BCUT2D eigenvalue weighted by Gasteiger charge is -2.07. The molecule has 0 atom stereocenters. The summed E-state index contributed by atoms with van der Waals surface area (Å²) in [5.41, 5.74) is 2.11. The van der Waals surface area contributed by atoms with Gasteiger partial charge < -0.3 is 5.32 Å². The van der Waals surface area contributed by atoms with Crippen molar-refractivity contribution in [1.29, 1.82) is 0 Å². The molecule has 5 heteroatoms. The zero-order valence-corrected chi connectivity index (χ0v) is 11.9. The molecule has 0 fully saturated rings. The third kappa shape index (κ3) is 2.06. The second-order valence-electron chi connectivity index (χ2n) is 4.41. The van der Waals surface area contributed by atoms with Gasteiger partial charge in [-0.05, 0) is 31.5 Å². The van der Waals surface area contributed by atoms with Crippen LogP contribution in [-0.4, -0.2) is 22.0 Å². The van der Waals surface area contributed by atoms with E-state index in [9.17, 15) is 0 Å². The highest BCUT2D eigenvalue weighted by atomic mass is 32.1. The number of fused-ring (bicyclic) bond motifs is 1. The molecule has 4 nitrogen and oxygen atoms in total. The Balaban J connectivity index is 2.28. The number of pyridine rings is 1. The van der Waals surface area contributed by atoms with Gasteiger partial charge in [0.15, 0.2) is 5.82 Å². The standard InChI is InChI=1S/C14H14N4S/c1-8-4-5-16-7-11(8)13-17-12(15-3)10-6-9(2)19-14(10)18-13/h4-7H,1-3H3,(H,15,17,18). The van der Waals surface area contributed by atoms with E-state index < -0.39 is 0 Å². The van der Waals surface area contributed by atoms with Gasteiger partial charge in [0.25, 0.3) is 0 Å². The zero-order chi connectivity index (χ0) is 13.4. The van der Waals surface area contributed by atoms with Gasteiger partial charge in [-0.3, -0.25) is 4.98 Å². The summed E-state index contributed by atoms with van der Waals surface area (Å²) in [6, 6.07) is 4.09. The van der Waals surface area contributed by atoms with Crippen LogP contribution < -0.4 is 5.32 Å². The number of hydrogen-bond donors (Lipinski definition) is 1. The molecule has 3 aromatic heterocycles. The molecule has 19 heavy (non-hydrogen) atoms. The first-order chi connectivity index (χ1) is 9.19. The van der Waals surface area contributed by atoms with Crippen LogP contribution in [0.1, 0.15) is 10.4 Å². The molecule has 0 spiro atoms. The Morgan fingerprint density at radius 1 is 1.21 bits per heavy atom. The van der Waals surface area contributed by atoms with Crippen LogP contribution in [0.25, 0.3) is 21.6 Å². The number of aromatic nitrogens is 3. The maximum atomic E-state index is 4.66. The molecule has 0 saturated heterocycles. The lowest BCUT2D eigenvalue weighted by Crippen LogP contribution is -1.98. The molecule has 3 aromatic rings. The summed E-state index contributed by atoms with van der Waals surface area (Å²) < 4.78 is 0. The number of hydrogen-bond acceptors (Lipinski definition) is 5. The molecule has 3 heterocycles. The maximum Gasteiger partial charge on any atom is 0.164 e. The molecule has 0 aromatic carbocycles. The zero-order valence-electron chi connectivity index (χ0n) is 11.1. The fraction of sp³-hybridized carbons (Fsp3) is 0.214. The van der Waals surface area contributed by atoms with Crippen LogP contribution in [0, 0.1) is 13.8 Å². The fourth-order valence-corrected chi connectivity index (χ4v) is 2.93. The highest BCUT2D eigenvalue weighted by Gasteiger charge is 2.12. The Morgan fingerprint density at radius 2 is 2.05 bits per heavy atom. The third-order valence-corrected chi connectivity index (χ3v) is 3.98. The van der Waals surface area contributed by atoms with E-state index in [1.54, 1.807) is 17.5 Å². The maximum absolute atomic E-state index is 4.66. The van der Waals surface area contributed by atoms with Gasteiger partial charge in [0.05, 0.1) is 5.39 Å². The van der Waals surface area contributed by atoms with E-state index in [1.165, 1.54) is 4.88 Å². The monoisotopic (exact) mass is 270 g/mol. The van der Waals surface area contributed by atoms with Crippen LogP contribution in [0.3, 0.4) is 0 Å². The Bertz CT molecular complexity index is 748. The van der Waals surface area contributed by atoms with Crippen molar-refractivity contribution in [1.82, 2.24) is 15.0 Å². The first kappa shape index (κ1) is 12.0. The highest BCUT2D eigenvalue weighted by molar-refractivity contribution is 7.18. The number of thiophene rings is 1. The predicted octanol–water partition coefficient (Wildman–Crippen LogP) is 3.41. The van der Waals surface area contributed by atoms with Crippen molar-refractivity contribution >= 4 is 27.4 Å². The summed E-state index contributed by atoms with van der Waals surface area (Å²) in [7, 11) is 1.88. The van der Waals surface area contributed by atoms with E-state index in [4.69, 9.17) is 0 Å². The molecule has 0 amide bonds. The van der Waals surface area contributed by atoms with Gasteiger partial charge in [-0.1, -0.05) is 0 Å². The highest BCUT2D eigenvalue weighted by Crippen LogP contribution is 2.31. The van der Waals surface area contributed by atoms with Gasteiger partial charge >= 0.3 is 0 Å². The van der Waals surface area contributed by atoms with E-state index in [0.29, 0.717) is 0 Å². The van der Waals surface area contributed by atoms with Gasteiger partial charge in [-0.2, -0.15) is 0 Å². The van der Waals surface area contributed by atoms with Crippen molar-refractivity contribution in [3.05, 3.63) is 35.0 Å². The summed E-state index contributed by atoms with van der Waals surface area (Å²) in [4.78, 5) is 15.7. The normalized spacial score (nSPS) is 10.9. The van der Waals surface area contributed by atoms with E-state index in [-0.39, 0.29) is 0 Å². The number of rotatable bonds is 2. The van der Waals surface area contributed by atoms with Crippen LogP contribution in [0.4, 0.5) is 5.82 Å². The molecule has 0 aliphatic heterocycles. The minimum absolute atomic E-state index is 0.726. The van der Waals surface area contributed by atoms with Crippen LogP contribution in [0.2, 0.25) is 0 Å². The molecule has 0 aliphatic rings. The van der Waals surface area contributed by atoms with E-state index in [1.807, 2.05) is 26.2 Å². The van der Waals surface area contributed by atoms with Gasteiger partial charge in [0, 0.05) is 29.9 Å². The molecule has 0 bridgehead atoms. The summed E-state index contributed by atoms with van der Waals surface area (Å²) in [5.74, 6) is 1.59. The van der Waals surface area contributed by atoms with Crippen LogP contribution in [0.5, 0.6) is 0 Å². The van der Waals surface area contributed by atoms with Gasteiger partial charge in [0.1, 0.15) is 10.6 Å². The molecular formula is C14H14N4S. The van der Waals surface area contributed by atoms with Crippen molar-refractivity contribution < 1.29 is 0 Å². The van der Waals surface area contributed by atoms with Crippen LogP contribution in [0.15, 0.2) is 24.5 Å². The number of nitrogens with zero attached hydrogens (tertiary/aromatic N) is 3. The SMILES string of the molecule is CNc1nc(-c2cnccc2C)nc2sc(C)cc12. The molecule has 0 aliphatic carbocycles. The molecular weight excluding hydrogens is 256 g/mol. The molecule has 0 saturated carbocycles. The minimum Gasteiger partial charge on any atom is -0.372 e. The number of anilines is 1. The van der Waals surface area contributed by atoms with Crippen LogP contribution in [-0.2, 0) is 0 Å². The quantitative estimate of drug-likeness (QED) is 0.775. The van der Waals surface area contributed by atoms with Crippen molar-refractivity contribution in [2.75, 3.05) is 12.4 Å². The second-order valence-corrected chi connectivity index (χ2v) is 5.65. The predicted molar refractivity (Wildman–Crippen MR) is 79.7 cm³/mol. The first-order valence-corrected chi connectivity index (χ1v) is 6.87. The van der Waals surface area contributed by atoms with Gasteiger partial charge in [0.2, 0.25) is 0 Å². The summed E-state index contributed by atoms with van der Waals surface area (Å²) in [6.07, 6.45) is 3.60. The Kier molecular flexibility index (Phi) is 2.91. The largest absolute Gasteiger partial charge is 0.372 e. The Labute approximate surface area is 115 Å². The topological polar surface area (TPSA) is 50.7 Å². The fourth-order valence-electron chi connectivity index (χ4n) is 2.05. The van der Waals surface area contributed by atoms with Gasteiger partial charge in [-0.25, -0.2) is 9.97 Å². The van der Waals surface area contributed by atoms with E-state index in [2.05, 4.69) is 33.3 Å². The Morgan fingerprint density at radius 3 is 2.79 bits per heavy atom. The lowest BCUT2D eigenvalue weighted by molar-refractivity contribution is 1.19. The molecule has 1 N–H and O–H groups in total. The van der Waals surface area contributed by atoms with E-state index >= 15 is 0 Å². The minimum atomic E-state index is 0.726. The molecule has 96 valence electrons. The smallest absolute Gasteiger partial charge is 0.164 e. The molecule has 0 unspecified atom stereocenters. The lowest BCUT2D eigenvalue weighted by atomic mass is 10.1. The number of aryl methyl sites for hydroxylation is 2.